The lowest BCUT2D eigenvalue weighted by molar-refractivity contribution is -0.385. The van der Waals surface area contributed by atoms with E-state index >= 15 is 0 Å². The van der Waals surface area contributed by atoms with Crippen LogP contribution in [-0.4, -0.2) is 30.8 Å². The number of nitro groups is 1. The third kappa shape index (κ3) is 3.77. The molecule has 2 aromatic rings. The van der Waals surface area contributed by atoms with Crippen molar-refractivity contribution in [2.75, 3.05) is 17.4 Å². The maximum absolute atomic E-state index is 11.4. The van der Waals surface area contributed by atoms with E-state index in [0.29, 0.717) is 10.9 Å². The van der Waals surface area contributed by atoms with Gasteiger partial charge in [0, 0.05) is 17.7 Å². The minimum Gasteiger partial charge on any atom is -0.383 e. The predicted molar refractivity (Wildman–Crippen MR) is 83.9 cm³/mol. The summed E-state index contributed by atoms with van der Waals surface area (Å²) in [6, 6.07) is 3.60. The lowest BCUT2D eigenvalue weighted by Gasteiger charge is -2.01. The van der Waals surface area contributed by atoms with Gasteiger partial charge in [0.25, 0.3) is 5.69 Å². The molecule has 0 bridgehead atoms. The summed E-state index contributed by atoms with van der Waals surface area (Å²) in [6.07, 6.45) is 2.19. The zero-order valence-electron chi connectivity index (χ0n) is 11.3. The summed E-state index contributed by atoms with van der Waals surface area (Å²) >= 11 is 1.23. The van der Waals surface area contributed by atoms with Crippen molar-refractivity contribution >= 4 is 44.0 Å². The van der Waals surface area contributed by atoms with E-state index in [0.717, 1.165) is 12.3 Å². The summed E-state index contributed by atoms with van der Waals surface area (Å²) in [7, 11) is -3.52. The maximum Gasteiger partial charge on any atom is 0.279 e. The molecule has 0 saturated carbocycles. The first-order valence-electron chi connectivity index (χ1n) is 5.76. The van der Waals surface area contributed by atoms with Gasteiger partial charge in [0.2, 0.25) is 5.13 Å². The largest absolute Gasteiger partial charge is 0.383 e. The molecule has 22 heavy (non-hydrogen) atoms. The first-order chi connectivity index (χ1) is 10.3. The zero-order chi connectivity index (χ0) is 16.3. The van der Waals surface area contributed by atoms with Gasteiger partial charge in [-0.2, -0.15) is 5.10 Å². The molecule has 0 aliphatic heterocycles. The molecule has 0 saturated heterocycles. The Morgan fingerprint density at radius 1 is 1.50 bits per heavy atom. The second-order valence-electron chi connectivity index (χ2n) is 4.20. The highest BCUT2D eigenvalue weighted by molar-refractivity contribution is 7.90. The van der Waals surface area contributed by atoms with E-state index in [1.807, 2.05) is 0 Å². The summed E-state index contributed by atoms with van der Waals surface area (Å²) in [5, 5.41) is 16.9. The SMILES string of the molecule is CS(=O)(=O)c1ccc(C=NNc2nc(N)cs2)c([N+](=O)[O-])c1. The van der Waals surface area contributed by atoms with Crippen LogP contribution in [0.15, 0.2) is 33.6 Å². The summed E-state index contributed by atoms with van der Waals surface area (Å²) in [5.74, 6) is 0.339. The number of nitrogens with two attached hydrogens (primary N) is 1. The molecule has 0 radical (unpaired) electrons. The molecule has 0 spiro atoms. The van der Waals surface area contributed by atoms with Crippen LogP contribution in [0.2, 0.25) is 0 Å². The van der Waals surface area contributed by atoms with E-state index in [-0.39, 0.29) is 16.1 Å². The lowest BCUT2D eigenvalue weighted by Crippen LogP contribution is -2.02. The monoisotopic (exact) mass is 341 g/mol. The number of sulfone groups is 1. The Hall–Kier alpha value is -2.53. The number of rotatable bonds is 5. The Bertz CT molecular complexity index is 844. The van der Waals surface area contributed by atoms with Crippen molar-refractivity contribution in [2.24, 2.45) is 5.10 Å². The highest BCUT2D eigenvalue weighted by atomic mass is 32.2. The molecule has 0 amide bonds. The van der Waals surface area contributed by atoms with Crippen LogP contribution in [0.5, 0.6) is 0 Å². The fraction of sp³-hybridized carbons (Fsp3) is 0.0909. The number of nitro benzene ring substituents is 1. The van der Waals surface area contributed by atoms with Gasteiger partial charge in [0.05, 0.1) is 21.6 Å². The molecule has 0 unspecified atom stereocenters. The summed E-state index contributed by atoms with van der Waals surface area (Å²) < 4.78 is 22.9. The molecule has 1 aromatic heterocycles. The first kappa shape index (κ1) is 15.9. The average Bonchev–Trinajstić information content (AvgIpc) is 2.83. The maximum atomic E-state index is 11.4. The Kier molecular flexibility index (Phi) is 4.37. The van der Waals surface area contributed by atoms with Gasteiger partial charge in [-0.3, -0.25) is 15.5 Å². The van der Waals surface area contributed by atoms with Crippen LogP contribution in [0, 0.1) is 10.1 Å². The van der Waals surface area contributed by atoms with Crippen LogP contribution < -0.4 is 11.2 Å². The van der Waals surface area contributed by atoms with Crippen LogP contribution in [0.1, 0.15) is 5.56 Å². The molecule has 0 atom stereocenters. The second-order valence-corrected chi connectivity index (χ2v) is 7.07. The van der Waals surface area contributed by atoms with E-state index in [2.05, 4.69) is 15.5 Å². The van der Waals surface area contributed by atoms with Crippen LogP contribution in [0.25, 0.3) is 0 Å². The summed E-state index contributed by atoms with van der Waals surface area (Å²) in [6.45, 7) is 0. The van der Waals surface area contributed by atoms with Crippen molar-refractivity contribution in [3.8, 4) is 0 Å². The minimum absolute atomic E-state index is 0.128. The smallest absolute Gasteiger partial charge is 0.279 e. The van der Waals surface area contributed by atoms with Gasteiger partial charge in [-0.1, -0.05) is 0 Å². The van der Waals surface area contributed by atoms with Gasteiger partial charge in [0.15, 0.2) is 9.84 Å². The van der Waals surface area contributed by atoms with E-state index in [9.17, 15) is 18.5 Å². The molecule has 9 nitrogen and oxygen atoms in total. The number of hydrogen-bond acceptors (Lipinski definition) is 9. The molecule has 3 N–H and O–H groups in total. The number of thiazole rings is 1. The Labute approximate surface area is 129 Å². The number of benzene rings is 1. The number of aromatic nitrogens is 1. The van der Waals surface area contributed by atoms with Crippen molar-refractivity contribution in [1.82, 2.24) is 4.98 Å². The number of anilines is 2. The standard InChI is InChI=1S/C11H11N5O4S2/c1-22(19,20)8-3-2-7(9(4-8)16(17)18)5-13-15-11-14-10(12)6-21-11/h2-6H,12H2,1H3,(H,14,15). The number of hydrogen-bond donors (Lipinski definition) is 2. The first-order valence-corrected chi connectivity index (χ1v) is 8.53. The van der Waals surface area contributed by atoms with Crippen molar-refractivity contribution in [3.05, 3.63) is 39.3 Å². The van der Waals surface area contributed by atoms with Crippen molar-refractivity contribution < 1.29 is 13.3 Å². The van der Waals surface area contributed by atoms with E-state index in [1.165, 1.54) is 29.7 Å². The number of nitrogens with one attached hydrogen (secondary N) is 1. The van der Waals surface area contributed by atoms with E-state index < -0.39 is 14.8 Å². The zero-order valence-corrected chi connectivity index (χ0v) is 12.9. The molecule has 1 aromatic carbocycles. The minimum atomic E-state index is -3.52. The van der Waals surface area contributed by atoms with Gasteiger partial charge in [-0.05, 0) is 12.1 Å². The highest BCUT2D eigenvalue weighted by Crippen LogP contribution is 2.22. The van der Waals surface area contributed by atoms with E-state index in [1.54, 1.807) is 5.38 Å². The summed E-state index contributed by atoms with van der Waals surface area (Å²) in [5.41, 5.74) is 7.83. The van der Waals surface area contributed by atoms with Crippen molar-refractivity contribution in [3.63, 3.8) is 0 Å². The fourth-order valence-electron chi connectivity index (χ4n) is 1.52. The average molecular weight is 341 g/mol. The van der Waals surface area contributed by atoms with Gasteiger partial charge in [-0.25, -0.2) is 13.4 Å². The van der Waals surface area contributed by atoms with Gasteiger partial charge in [-0.15, -0.1) is 11.3 Å². The van der Waals surface area contributed by atoms with Gasteiger partial charge in [0.1, 0.15) is 5.82 Å². The van der Waals surface area contributed by atoms with E-state index in [4.69, 9.17) is 5.73 Å². The molecule has 11 heteroatoms. The third-order valence-corrected chi connectivity index (χ3v) is 4.39. The molecule has 2 rings (SSSR count). The number of nitrogens with zero attached hydrogens (tertiary/aromatic N) is 3. The topological polar surface area (TPSA) is 141 Å². The molecule has 0 aliphatic rings. The molecule has 0 fully saturated rings. The van der Waals surface area contributed by atoms with Gasteiger partial charge >= 0.3 is 0 Å². The Balaban J connectivity index is 2.28. The fourth-order valence-corrected chi connectivity index (χ4v) is 2.71. The Morgan fingerprint density at radius 2 is 2.23 bits per heavy atom. The molecular formula is C11H11N5O4S2. The predicted octanol–water partition coefficient (Wildman–Crippen LogP) is 1.48. The van der Waals surface area contributed by atoms with Crippen LogP contribution in [0.4, 0.5) is 16.6 Å². The van der Waals surface area contributed by atoms with Crippen molar-refractivity contribution in [1.29, 1.82) is 0 Å². The van der Waals surface area contributed by atoms with Gasteiger partial charge < -0.3 is 5.73 Å². The number of hydrazone groups is 1. The molecular weight excluding hydrogens is 330 g/mol. The second kappa shape index (κ2) is 6.07. The molecule has 1 heterocycles. The quantitative estimate of drug-likeness (QED) is 0.476. The lowest BCUT2D eigenvalue weighted by atomic mass is 10.2. The Morgan fingerprint density at radius 3 is 2.77 bits per heavy atom. The number of nitrogen functional groups attached to an aromatic ring is 1. The van der Waals surface area contributed by atoms with Crippen LogP contribution >= 0.6 is 11.3 Å². The summed E-state index contributed by atoms with van der Waals surface area (Å²) in [4.78, 5) is 14.1. The van der Waals surface area contributed by atoms with Crippen LogP contribution in [0.3, 0.4) is 0 Å². The third-order valence-electron chi connectivity index (χ3n) is 2.51. The molecule has 0 aliphatic carbocycles. The highest BCUT2D eigenvalue weighted by Gasteiger charge is 2.17. The van der Waals surface area contributed by atoms with Crippen molar-refractivity contribution in [2.45, 2.75) is 4.90 Å². The molecule has 116 valence electrons. The normalized spacial score (nSPS) is 11.7. The van der Waals surface area contributed by atoms with Crippen LogP contribution in [-0.2, 0) is 9.84 Å².